The molecule has 2 N–H and O–H groups in total. The van der Waals surface area contributed by atoms with Gasteiger partial charge < -0.3 is 15.2 Å². The number of pyridine rings is 1. The largest absolute Gasteiger partial charge is 0.341 e. The highest BCUT2D eigenvalue weighted by Gasteiger charge is 2.26. The zero-order chi connectivity index (χ0) is 17.5. The molecule has 1 aromatic carbocycles. The Hall–Kier alpha value is -2.89. The molecule has 0 fully saturated rings. The number of H-pyrrole nitrogens is 1. The molecule has 2 aromatic rings. The maximum atomic E-state index is 12.8. The van der Waals surface area contributed by atoms with Crippen molar-refractivity contribution in [1.82, 2.24) is 15.2 Å². The summed E-state index contributed by atoms with van der Waals surface area (Å²) in [4.78, 5) is 40.5. The van der Waals surface area contributed by atoms with Gasteiger partial charge in [0.25, 0.3) is 5.91 Å². The predicted octanol–water partition coefficient (Wildman–Crippen LogP) is 1.71. The van der Waals surface area contributed by atoms with Crippen LogP contribution in [0.4, 0.5) is 0 Å². The molecule has 1 aromatic heterocycles. The Morgan fingerprint density at radius 2 is 1.75 bits per heavy atom. The Balaban J connectivity index is 2.29. The van der Waals surface area contributed by atoms with Crippen LogP contribution in [0.3, 0.4) is 0 Å². The predicted molar refractivity (Wildman–Crippen MR) is 91.6 cm³/mol. The fraction of sp³-hybridized carbons (Fsp3) is 0.278. The molecule has 1 atom stereocenters. The average Bonchev–Trinajstić information content (AvgIpc) is 2.61. The van der Waals surface area contributed by atoms with Crippen molar-refractivity contribution in [3.63, 3.8) is 0 Å². The van der Waals surface area contributed by atoms with Crippen LogP contribution < -0.4 is 10.9 Å². The quantitative estimate of drug-likeness (QED) is 0.847. The molecular weight excluding hydrogens is 306 g/mol. The lowest BCUT2D eigenvalue weighted by molar-refractivity contribution is -0.133. The van der Waals surface area contributed by atoms with Crippen molar-refractivity contribution < 1.29 is 9.59 Å². The van der Waals surface area contributed by atoms with E-state index < -0.39 is 11.9 Å². The summed E-state index contributed by atoms with van der Waals surface area (Å²) >= 11 is 0. The number of carbonyl (C=O) groups is 2. The number of likely N-dealkylation sites (N-methyl/N-ethyl adjacent to an activating group) is 1. The van der Waals surface area contributed by atoms with E-state index in [0.29, 0.717) is 24.2 Å². The second kappa shape index (κ2) is 8.10. The average molecular weight is 327 g/mol. The number of nitrogens with one attached hydrogen (secondary N) is 2. The second-order valence-corrected chi connectivity index (χ2v) is 5.27. The Labute approximate surface area is 140 Å². The van der Waals surface area contributed by atoms with E-state index in [4.69, 9.17) is 0 Å². The zero-order valence-electron chi connectivity index (χ0n) is 13.8. The minimum absolute atomic E-state index is 0.163. The van der Waals surface area contributed by atoms with E-state index in [2.05, 4.69) is 10.3 Å². The summed E-state index contributed by atoms with van der Waals surface area (Å²) in [5, 5.41) is 2.77. The van der Waals surface area contributed by atoms with Crippen LogP contribution in [0.15, 0.2) is 53.5 Å². The number of carbonyl (C=O) groups excluding carboxylic acids is 2. The fourth-order valence-electron chi connectivity index (χ4n) is 2.42. The van der Waals surface area contributed by atoms with Gasteiger partial charge in [0.05, 0.1) is 5.56 Å². The van der Waals surface area contributed by atoms with Gasteiger partial charge in [0.1, 0.15) is 6.04 Å². The van der Waals surface area contributed by atoms with Crippen LogP contribution in [0.5, 0.6) is 0 Å². The molecule has 0 aliphatic heterocycles. The number of rotatable bonds is 6. The van der Waals surface area contributed by atoms with E-state index in [1.54, 1.807) is 17.0 Å². The Morgan fingerprint density at radius 1 is 1.08 bits per heavy atom. The maximum absolute atomic E-state index is 12.8. The highest BCUT2D eigenvalue weighted by atomic mass is 16.2. The SMILES string of the molecule is CCN(CC)C(=O)C(NC(=O)c1ccc(=O)[nH]c1)c1ccccc1. The lowest BCUT2D eigenvalue weighted by Crippen LogP contribution is -2.43. The van der Waals surface area contributed by atoms with Crippen LogP contribution in [0.1, 0.15) is 35.8 Å². The molecule has 0 bridgehead atoms. The van der Waals surface area contributed by atoms with Crippen LogP contribution in [0.2, 0.25) is 0 Å². The monoisotopic (exact) mass is 327 g/mol. The number of nitrogens with zero attached hydrogens (tertiary/aromatic N) is 1. The minimum Gasteiger partial charge on any atom is -0.341 e. The standard InChI is InChI=1S/C18H21N3O3/c1-3-21(4-2)18(24)16(13-8-6-5-7-9-13)20-17(23)14-10-11-15(22)19-12-14/h5-12,16H,3-4H2,1-2H3,(H,19,22)(H,20,23). The molecule has 126 valence electrons. The maximum Gasteiger partial charge on any atom is 0.253 e. The molecule has 6 heteroatoms. The topological polar surface area (TPSA) is 82.3 Å². The summed E-state index contributed by atoms with van der Waals surface area (Å²) in [6, 6.07) is 11.0. The molecular formula is C18H21N3O3. The molecule has 0 aliphatic carbocycles. The summed E-state index contributed by atoms with van der Waals surface area (Å²) in [5.74, 6) is -0.579. The normalized spacial score (nSPS) is 11.6. The van der Waals surface area contributed by atoms with Crippen LogP contribution in [0, 0.1) is 0 Å². The number of aromatic amines is 1. The molecule has 1 unspecified atom stereocenters. The van der Waals surface area contributed by atoms with Gasteiger partial charge in [-0.3, -0.25) is 14.4 Å². The van der Waals surface area contributed by atoms with Crippen LogP contribution >= 0.6 is 0 Å². The smallest absolute Gasteiger partial charge is 0.253 e. The second-order valence-electron chi connectivity index (χ2n) is 5.27. The lowest BCUT2D eigenvalue weighted by Gasteiger charge is -2.26. The molecule has 0 saturated carbocycles. The molecule has 0 radical (unpaired) electrons. The summed E-state index contributed by atoms with van der Waals surface area (Å²) in [7, 11) is 0. The molecule has 2 amide bonds. The molecule has 0 spiro atoms. The third-order valence-corrected chi connectivity index (χ3v) is 3.78. The van der Waals surface area contributed by atoms with Crippen LogP contribution in [0.25, 0.3) is 0 Å². The zero-order valence-corrected chi connectivity index (χ0v) is 13.8. The molecule has 0 saturated heterocycles. The van der Waals surface area contributed by atoms with Gasteiger partial charge in [-0.25, -0.2) is 0 Å². The van der Waals surface area contributed by atoms with Gasteiger partial charge >= 0.3 is 0 Å². The van der Waals surface area contributed by atoms with Gasteiger partial charge in [-0.05, 0) is 25.5 Å². The number of aromatic nitrogens is 1. The van der Waals surface area contributed by atoms with E-state index in [0.717, 1.165) is 0 Å². The van der Waals surface area contributed by atoms with Crippen LogP contribution in [-0.2, 0) is 4.79 Å². The van der Waals surface area contributed by atoms with Gasteiger partial charge in [-0.1, -0.05) is 30.3 Å². The van der Waals surface area contributed by atoms with E-state index >= 15 is 0 Å². The fourth-order valence-corrected chi connectivity index (χ4v) is 2.42. The van der Waals surface area contributed by atoms with Crippen molar-refractivity contribution in [2.24, 2.45) is 0 Å². The first-order chi connectivity index (χ1) is 11.6. The Morgan fingerprint density at radius 3 is 2.29 bits per heavy atom. The first-order valence-electron chi connectivity index (χ1n) is 7.90. The molecule has 24 heavy (non-hydrogen) atoms. The van der Waals surface area contributed by atoms with Gasteiger partial charge in [-0.2, -0.15) is 0 Å². The van der Waals surface area contributed by atoms with Gasteiger partial charge in [0.2, 0.25) is 11.5 Å². The van der Waals surface area contributed by atoms with E-state index in [1.807, 2.05) is 32.0 Å². The number of amides is 2. The Kier molecular flexibility index (Phi) is 5.89. The van der Waals surface area contributed by atoms with Crippen molar-refractivity contribution >= 4 is 11.8 Å². The summed E-state index contributed by atoms with van der Waals surface area (Å²) < 4.78 is 0. The summed E-state index contributed by atoms with van der Waals surface area (Å²) in [6.07, 6.45) is 1.33. The van der Waals surface area contributed by atoms with Gasteiger partial charge in [-0.15, -0.1) is 0 Å². The van der Waals surface area contributed by atoms with Gasteiger partial charge in [0, 0.05) is 25.4 Å². The third-order valence-electron chi connectivity index (χ3n) is 3.78. The first-order valence-corrected chi connectivity index (χ1v) is 7.90. The van der Waals surface area contributed by atoms with Crippen LogP contribution in [-0.4, -0.2) is 34.8 Å². The lowest BCUT2D eigenvalue weighted by atomic mass is 10.0. The Bertz CT molecular complexity index is 731. The van der Waals surface area contributed by atoms with Crippen molar-refractivity contribution in [2.45, 2.75) is 19.9 Å². The van der Waals surface area contributed by atoms with Crippen molar-refractivity contribution in [3.8, 4) is 0 Å². The van der Waals surface area contributed by atoms with Crippen molar-refractivity contribution in [3.05, 3.63) is 70.1 Å². The van der Waals surface area contributed by atoms with E-state index in [1.165, 1.54) is 18.3 Å². The summed E-state index contributed by atoms with van der Waals surface area (Å²) in [6.45, 7) is 4.92. The van der Waals surface area contributed by atoms with Crippen molar-refractivity contribution in [1.29, 1.82) is 0 Å². The number of hydrogen-bond acceptors (Lipinski definition) is 3. The van der Waals surface area contributed by atoms with E-state index in [9.17, 15) is 14.4 Å². The molecule has 6 nitrogen and oxygen atoms in total. The number of benzene rings is 1. The molecule has 0 aliphatic rings. The number of hydrogen-bond donors (Lipinski definition) is 2. The molecule has 1 heterocycles. The van der Waals surface area contributed by atoms with Gasteiger partial charge in [0.15, 0.2) is 0 Å². The summed E-state index contributed by atoms with van der Waals surface area (Å²) in [5.41, 5.74) is 0.723. The third kappa shape index (κ3) is 4.10. The minimum atomic E-state index is -0.773. The van der Waals surface area contributed by atoms with Crippen molar-refractivity contribution in [2.75, 3.05) is 13.1 Å². The highest BCUT2D eigenvalue weighted by Crippen LogP contribution is 2.16. The molecule has 2 rings (SSSR count). The first kappa shape index (κ1) is 17.5. The highest BCUT2D eigenvalue weighted by molar-refractivity contribution is 5.97. The van der Waals surface area contributed by atoms with E-state index in [-0.39, 0.29) is 11.5 Å².